The van der Waals surface area contributed by atoms with Crippen LogP contribution in [0.4, 0.5) is 23.3 Å². The van der Waals surface area contributed by atoms with Gasteiger partial charge in [0, 0.05) is 97.3 Å². The van der Waals surface area contributed by atoms with E-state index in [1.165, 1.54) is 5.56 Å². The molecule has 14 nitrogen and oxygen atoms in total. The molecule has 4 atom stereocenters. The number of aromatic nitrogens is 6. The number of hydrogen-bond donors (Lipinski definition) is 4. The minimum absolute atomic E-state index is 0.0590. The van der Waals surface area contributed by atoms with E-state index in [4.69, 9.17) is 25.9 Å². The lowest BCUT2D eigenvalue weighted by molar-refractivity contribution is -0.118. The predicted molar refractivity (Wildman–Crippen MR) is 243 cm³/mol. The molecule has 8 heterocycles. The molecule has 6 aromatic heterocycles. The van der Waals surface area contributed by atoms with Crippen molar-refractivity contribution in [3.63, 3.8) is 0 Å². The first kappa shape index (κ1) is 40.9. The molecule has 3 aliphatic carbocycles. The summed E-state index contributed by atoms with van der Waals surface area (Å²) in [6.07, 6.45) is 19.1. The molecule has 0 radical (unpaired) electrons. The molecular formula is C49H54N10O4. The van der Waals surface area contributed by atoms with Crippen molar-refractivity contribution in [2.75, 3.05) is 48.5 Å². The summed E-state index contributed by atoms with van der Waals surface area (Å²) in [7, 11) is 0. The summed E-state index contributed by atoms with van der Waals surface area (Å²) in [6, 6.07) is 9.76. The highest BCUT2D eigenvalue weighted by atomic mass is 16.5. The third-order valence-corrected chi connectivity index (χ3v) is 13.9. The smallest absolute Gasteiger partial charge is 0.228 e. The Morgan fingerprint density at radius 2 is 1.17 bits per heavy atom. The normalized spacial score (nSPS) is 22.3. The number of rotatable bonds is 9. The van der Waals surface area contributed by atoms with Gasteiger partial charge in [0.2, 0.25) is 11.8 Å². The highest BCUT2D eigenvalue weighted by Crippen LogP contribution is 2.51. The summed E-state index contributed by atoms with van der Waals surface area (Å²) in [6.45, 7) is 7.35. The molecule has 0 unspecified atom stereocenters. The largest absolute Gasteiger partial charge is 0.383 e. The van der Waals surface area contributed by atoms with Crippen LogP contribution in [-0.4, -0.2) is 68.1 Å². The Hall–Kier alpha value is -6.12. The zero-order chi connectivity index (χ0) is 43.2. The van der Waals surface area contributed by atoms with Crippen molar-refractivity contribution < 1.29 is 19.1 Å². The standard InChI is InChI=1S/C26H29N5O2.C23H25N5O2/c1-14-4-7-28-12-20(14)24-23(16-2-3-16)18-11-22(29-13-21(18)25(27)31-24)30-26(32)19-10-17(19)15-5-8-33-9-6-15;1-13-2-5-25-11-18(13)20-8-15-9-21(26-12-19(15)22(24)27-20)28-23(29)17-10-16(17)14-3-6-30-7-4-14/h4,7,11-13,15-17,19H,2-3,5-6,8-10H2,1H3,(H2,27,31)(H,29,30,32);2,5,8-9,11-12,14,16-17H,3-4,6-7,10H2,1H3,(H2,24,27)(H,26,28,29)/t17-,19+;16-,17+/m01/s1. The van der Waals surface area contributed by atoms with E-state index in [0.717, 1.165) is 133 Å². The highest BCUT2D eigenvalue weighted by molar-refractivity contribution is 6.01. The molecule has 11 rings (SSSR count). The summed E-state index contributed by atoms with van der Waals surface area (Å²) < 4.78 is 10.9. The number of ether oxygens (including phenoxy) is 2. The fraction of sp³-hybridized carbons (Fsp3) is 0.429. The lowest BCUT2D eigenvalue weighted by Gasteiger charge is -2.22. The van der Waals surface area contributed by atoms with Crippen LogP contribution < -0.4 is 22.1 Å². The summed E-state index contributed by atoms with van der Waals surface area (Å²) in [4.78, 5) is 52.4. The molecule has 2 amide bonds. The molecule has 0 aromatic carbocycles. The second-order valence-corrected chi connectivity index (χ2v) is 18.1. The van der Waals surface area contributed by atoms with Crippen LogP contribution in [-0.2, 0) is 19.1 Å². The number of anilines is 4. The molecule has 2 aliphatic heterocycles. The second-order valence-electron chi connectivity index (χ2n) is 18.1. The van der Waals surface area contributed by atoms with Crippen LogP contribution in [0.15, 0.2) is 67.5 Å². The Labute approximate surface area is 366 Å². The number of carbonyl (C=O) groups excluding carboxylic acids is 2. The number of nitrogens with two attached hydrogens (primary N) is 2. The molecule has 5 fully saturated rings. The fourth-order valence-corrected chi connectivity index (χ4v) is 9.93. The Bertz CT molecular complexity index is 2710. The maximum atomic E-state index is 13.0. The molecule has 3 saturated carbocycles. The van der Waals surface area contributed by atoms with Gasteiger partial charge < -0.3 is 31.6 Å². The van der Waals surface area contributed by atoms with E-state index in [9.17, 15) is 9.59 Å². The quantitative estimate of drug-likeness (QED) is 0.109. The van der Waals surface area contributed by atoms with Gasteiger partial charge in [-0.15, -0.1) is 0 Å². The third-order valence-electron chi connectivity index (χ3n) is 13.9. The Morgan fingerprint density at radius 3 is 1.75 bits per heavy atom. The van der Waals surface area contributed by atoms with Gasteiger partial charge in [0.05, 0.1) is 11.4 Å². The van der Waals surface area contributed by atoms with Gasteiger partial charge in [-0.25, -0.2) is 19.9 Å². The van der Waals surface area contributed by atoms with Crippen molar-refractivity contribution in [3.05, 3.63) is 84.2 Å². The Kier molecular flexibility index (Phi) is 11.2. The van der Waals surface area contributed by atoms with Crippen LogP contribution in [0.1, 0.15) is 74.0 Å². The third kappa shape index (κ3) is 8.66. The summed E-state index contributed by atoms with van der Waals surface area (Å²) in [5, 5.41) is 9.62. The fourth-order valence-electron chi connectivity index (χ4n) is 9.93. The SMILES string of the molecule is Cc1ccncc1-c1cc2cc(NC(=O)[C@H]3C[C@@H]3C3CCOCC3)ncc2c(N)n1.Cc1ccncc1-c1nc(N)c2cnc(NC(=O)[C@@H]3C[C@H]3C3CCOCC3)cc2c1C1CC1. The van der Waals surface area contributed by atoms with E-state index in [1.54, 1.807) is 31.0 Å². The van der Waals surface area contributed by atoms with Crippen LogP contribution in [0.25, 0.3) is 44.1 Å². The van der Waals surface area contributed by atoms with E-state index in [-0.39, 0.29) is 23.7 Å². The minimum Gasteiger partial charge on any atom is -0.383 e. The van der Waals surface area contributed by atoms with Crippen molar-refractivity contribution in [3.8, 4) is 22.5 Å². The average Bonchev–Trinajstić information content (AvgIpc) is 4.16. The lowest BCUT2D eigenvalue weighted by Crippen LogP contribution is -2.21. The monoisotopic (exact) mass is 846 g/mol. The van der Waals surface area contributed by atoms with Gasteiger partial charge in [0.25, 0.3) is 0 Å². The zero-order valence-corrected chi connectivity index (χ0v) is 35.8. The Morgan fingerprint density at radius 1 is 0.635 bits per heavy atom. The molecule has 5 aliphatic rings. The average molecular weight is 847 g/mol. The first-order valence-electron chi connectivity index (χ1n) is 22.4. The lowest BCUT2D eigenvalue weighted by atomic mass is 9.93. The number of fused-ring (bicyclic) bond motifs is 2. The van der Waals surface area contributed by atoms with Crippen molar-refractivity contribution in [1.82, 2.24) is 29.9 Å². The molecular weight excluding hydrogens is 793 g/mol. The summed E-state index contributed by atoms with van der Waals surface area (Å²) >= 11 is 0. The molecule has 6 aromatic rings. The van der Waals surface area contributed by atoms with Crippen molar-refractivity contribution in [2.24, 2.45) is 35.5 Å². The molecule has 0 bridgehead atoms. The van der Waals surface area contributed by atoms with Crippen LogP contribution in [0.5, 0.6) is 0 Å². The molecule has 63 heavy (non-hydrogen) atoms. The first-order chi connectivity index (χ1) is 30.7. The number of nitrogens with one attached hydrogen (secondary N) is 2. The number of hydrogen-bond acceptors (Lipinski definition) is 12. The van der Waals surface area contributed by atoms with Crippen LogP contribution >= 0.6 is 0 Å². The predicted octanol–water partition coefficient (Wildman–Crippen LogP) is 8.04. The number of carbonyl (C=O) groups is 2. The minimum atomic E-state index is 0.0590. The molecule has 0 spiro atoms. The first-order valence-corrected chi connectivity index (χ1v) is 22.4. The highest BCUT2D eigenvalue weighted by Gasteiger charge is 2.48. The maximum Gasteiger partial charge on any atom is 0.228 e. The van der Waals surface area contributed by atoms with Crippen molar-refractivity contribution in [2.45, 2.75) is 71.1 Å². The number of amides is 2. The van der Waals surface area contributed by atoms with Gasteiger partial charge in [-0.05, 0) is 153 Å². The molecule has 324 valence electrons. The van der Waals surface area contributed by atoms with Crippen LogP contribution in [0.2, 0.25) is 0 Å². The van der Waals surface area contributed by atoms with E-state index in [2.05, 4.69) is 42.5 Å². The van der Waals surface area contributed by atoms with Gasteiger partial charge in [-0.2, -0.15) is 0 Å². The second kappa shape index (κ2) is 17.2. The van der Waals surface area contributed by atoms with Gasteiger partial charge in [0.15, 0.2) is 0 Å². The maximum absolute atomic E-state index is 13.0. The molecule has 6 N–H and O–H groups in total. The number of pyridine rings is 6. The van der Waals surface area contributed by atoms with Gasteiger partial charge >= 0.3 is 0 Å². The number of aryl methyl sites for hydroxylation is 2. The summed E-state index contributed by atoms with van der Waals surface area (Å²) in [5.41, 5.74) is 19.6. The van der Waals surface area contributed by atoms with Gasteiger partial charge in [0.1, 0.15) is 23.3 Å². The van der Waals surface area contributed by atoms with Crippen molar-refractivity contribution in [1.29, 1.82) is 0 Å². The number of nitrogens with zero attached hydrogens (tertiary/aromatic N) is 6. The zero-order valence-electron chi connectivity index (χ0n) is 35.8. The van der Waals surface area contributed by atoms with Crippen molar-refractivity contribution >= 4 is 56.6 Å². The molecule has 2 saturated heterocycles. The van der Waals surface area contributed by atoms with E-state index >= 15 is 0 Å². The van der Waals surface area contributed by atoms with Gasteiger partial charge in [-0.3, -0.25) is 19.6 Å². The van der Waals surface area contributed by atoms with E-state index < -0.39 is 0 Å². The van der Waals surface area contributed by atoms with Crippen LogP contribution in [0.3, 0.4) is 0 Å². The van der Waals surface area contributed by atoms with Crippen LogP contribution in [0, 0.1) is 49.4 Å². The van der Waals surface area contributed by atoms with Gasteiger partial charge in [-0.1, -0.05) is 0 Å². The topological polar surface area (TPSA) is 206 Å². The Balaban J connectivity index is 0.000000150. The van der Waals surface area contributed by atoms with E-state index in [1.807, 2.05) is 43.5 Å². The number of nitrogen functional groups attached to an aromatic ring is 2. The van der Waals surface area contributed by atoms with E-state index in [0.29, 0.717) is 52.9 Å². The molecule has 14 heteroatoms. The summed E-state index contributed by atoms with van der Waals surface area (Å²) in [5.74, 6) is 4.95.